The molecule has 8 heteroatoms. The fourth-order valence-corrected chi connectivity index (χ4v) is 6.09. The topological polar surface area (TPSA) is 60.4 Å². The van der Waals surface area contributed by atoms with Crippen molar-refractivity contribution in [2.75, 3.05) is 7.11 Å². The van der Waals surface area contributed by atoms with E-state index in [1.807, 2.05) is 6.07 Å². The zero-order valence-electron chi connectivity index (χ0n) is 15.1. The predicted molar refractivity (Wildman–Crippen MR) is 119 cm³/mol. The third-order valence-corrected chi connectivity index (χ3v) is 7.37. The molecule has 0 radical (unpaired) electrons. The van der Waals surface area contributed by atoms with E-state index in [0.717, 1.165) is 30.0 Å². The van der Waals surface area contributed by atoms with Gasteiger partial charge in [-0.1, -0.05) is 31.2 Å². The van der Waals surface area contributed by atoms with Gasteiger partial charge < -0.3 is 4.74 Å². The number of methoxy groups -OCH3 is 1. The van der Waals surface area contributed by atoms with E-state index in [1.54, 1.807) is 22.7 Å². The largest absolute Gasteiger partial charge is 0.469 e. The average Bonchev–Trinajstić information content (AvgIpc) is 3.24. The molecule has 0 unspecified atom stereocenters. The van der Waals surface area contributed by atoms with E-state index in [1.165, 1.54) is 23.1 Å². The molecule has 28 heavy (non-hydrogen) atoms. The Balaban J connectivity index is 0.000000878. The minimum absolute atomic E-state index is 0.223. The van der Waals surface area contributed by atoms with Gasteiger partial charge in [0.25, 0.3) is 0 Å². The van der Waals surface area contributed by atoms with Gasteiger partial charge in [0.2, 0.25) is 0 Å². The van der Waals surface area contributed by atoms with Crippen molar-refractivity contribution in [1.82, 2.24) is 0 Å². The summed E-state index contributed by atoms with van der Waals surface area (Å²) in [6.07, 6.45) is 1.55. The van der Waals surface area contributed by atoms with Crippen molar-refractivity contribution in [3.63, 3.8) is 0 Å². The Morgan fingerprint density at radius 2 is 1.39 bits per heavy atom. The first kappa shape index (κ1) is 22.7. The molecule has 0 N–H and O–H groups in total. The number of thiophene rings is 2. The number of aryl methyl sites for hydroxylation is 1. The Hall–Kier alpha value is -1.57. The second-order valence-corrected chi connectivity index (χ2v) is 10.4. The van der Waals surface area contributed by atoms with Gasteiger partial charge in [0.05, 0.1) is 21.1 Å². The molecule has 0 aliphatic rings. The zero-order valence-corrected chi connectivity index (χ0v) is 19.9. The number of halogens is 2. The molecule has 0 saturated heterocycles. The molecule has 0 aliphatic carbocycles. The van der Waals surface area contributed by atoms with Gasteiger partial charge in [0.1, 0.15) is 0 Å². The van der Waals surface area contributed by atoms with Gasteiger partial charge in [-0.15, -0.1) is 22.7 Å². The van der Waals surface area contributed by atoms with Crippen LogP contribution in [0.15, 0.2) is 44.0 Å². The van der Waals surface area contributed by atoms with Gasteiger partial charge in [-0.3, -0.25) is 4.79 Å². The maximum atomic E-state index is 11.7. The van der Waals surface area contributed by atoms with Crippen LogP contribution in [0.2, 0.25) is 0 Å². The van der Waals surface area contributed by atoms with Crippen LogP contribution in [0.1, 0.15) is 18.1 Å². The van der Waals surface area contributed by atoms with E-state index < -0.39 is 0 Å². The van der Waals surface area contributed by atoms with Crippen molar-refractivity contribution < 1.29 is 19.1 Å². The molecule has 146 valence electrons. The molecular formula is C20H16Br2O4S2. The van der Waals surface area contributed by atoms with Crippen molar-refractivity contribution in [3.05, 3.63) is 55.1 Å². The summed E-state index contributed by atoms with van der Waals surface area (Å²) < 4.78 is 6.98. The van der Waals surface area contributed by atoms with Crippen LogP contribution < -0.4 is 0 Å². The minimum atomic E-state index is -0.223. The van der Waals surface area contributed by atoms with Crippen molar-refractivity contribution in [1.29, 1.82) is 0 Å². The molecule has 3 rings (SSSR count). The maximum Gasteiger partial charge on any atom is 0.373 e. The average molecular weight is 544 g/mol. The molecule has 0 bridgehead atoms. The van der Waals surface area contributed by atoms with E-state index in [9.17, 15) is 4.79 Å². The van der Waals surface area contributed by atoms with Gasteiger partial charge in [-0.25, -0.2) is 0 Å². The number of ether oxygens (including phenoxy) is 1. The highest BCUT2D eigenvalue weighted by molar-refractivity contribution is 9.11. The third kappa shape index (κ3) is 5.72. The van der Waals surface area contributed by atoms with Gasteiger partial charge in [0.15, 0.2) is 0 Å². The summed E-state index contributed by atoms with van der Waals surface area (Å²) in [5, 5.41) is 0. The zero-order chi connectivity index (χ0) is 20.7. The number of hydrogen-bond acceptors (Lipinski definition) is 6. The Morgan fingerprint density at radius 1 is 0.964 bits per heavy atom. The standard InChI is InChI=1S/C19H16Br2O2S2.CO2/c1-3-11-8-15(20)24-18(11)12-4-6-13(7-5-12)19-14(9-16(21)25-19)10-17(22)23-2;2-1-3/h4-9H,3,10H2,1-2H3;. The van der Waals surface area contributed by atoms with Crippen LogP contribution in [0.4, 0.5) is 0 Å². The molecule has 4 nitrogen and oxygen atoms in total. The molecular weight excluding hydrogens is 528 g/mol. The maximum absolute atomic E-state index is 11.7. The lowest BCUT2D eigenvalue weighted by molar-refractivity contribution is -0.191. The lowest BCUT2D eigenvalue weighted by atomic mass is 10.0. The van der Waals surface area contributed by atoms with E-state index in [0.29, 0.717) is 0 Å². The van der Waals surface area contributed by atoms with E-state index in [2.05, 4.69) is 69.1 Å². The summed E-state index contributed by atoms with van der Waals surface area (Å²) >= 11 is 10.5. The summed E-state index contributed by atoms with van der Waals surface area (Å²) in [7, 11) is 1.42. The lowest BCUT2D eigenvalue weighted by Gasteiger charge is -2.06. The SMILES string of the molecule is CCc1cc(Br)sc1-c1ccc(-c2sc(Br)cc2CC(=O)OC)cc1.O=C=O. The molecule has 0 saturated carbocycles. The molecule has 2 heterocycles. The summed E-state index contributed by atoms with van der Waals surface area (Å²) in [6, 6.07) is 12.8. The molecule has 0 fully saturated rings. The van der Waals surface area contributed by atoms with Crippen LogP contribution in [0.25, 0.3) is 20.9 Å². The van der Waals surface area contributed by atoms with E-state index in [4.69, 9.17) is 14.3 Å². The molecule has 1 aromatic carbocycles. The van der Waals surface area contributed by atoms with Crippen LogP contribution in [0, 0.1) is 0 Å². The Morgan fingerprint density at radius 3 is 1.82 bits per heavy atom. The minimum Gasteiger partial charge on any atom is -0.469 e. The van der Waals surface area contributed by atoms with Gasteiger partial charge in [0, 0.05) is 9.75 Å². The van der Waals surface area contributed by atoms with Gasteiger partial charge >= 0.3 is 12.1 Å². The molecule has 0 spiro atoms. The number of hydrogen-bond donors (Lipinski definition) is 0. The molecule has 0 amide bonds. The quantitative estimate of drug-likeness (QED) is 0.351. The highest BCUT2D eigenvalue weighted by Crippen LogP contribution is 2.39. The molecule has 3 aromatic rings. The van der Waals surface area contributed by atoms with Crippen LogP contribution in [-0.4, -0.2) is 19.2 Å². The first-order valence-electron chi connectivity index (χ1n) is 8.16. The second kappa shape index (κ2) is 10.8. The van der Waals surface area contributed by atoms with Crippen molar-refractivity contribution in [3.8, 4) is 20.9 Å². The first-order valence-corrected chi connectivity index (χ1v) is 11.4. The highest BCUT2D eigenvalue weighted by Gasteiger charge is 2.15. The summed E-state index contributed by atoms with van der Waals surface area (Å²) in [6.45, 7) is 2.18. The van der Waals surface area contributed by atoms with Gasteiger partial charge in [-0.2, -0.15) is 9.59 Å². The number of carbonyl (C=O) groups is 1. The van der Waals surface area contributed by atoms with Crippen molar-refractivity contribution >= 4 is 66.7 Å². The molecule has 0 atom stereocenters. The van der Waals surface area contributed by atoms with E-state index >= 15 is 0 Å². The van der Waals surface area contributed by atoms with Crippen LogP contribution in [0.5, 0.6) is 0 Å². The van der Waals surface area contributed by atoms with Crippen LogP contribution >= 0.6 is 54.5 Å². The van der Waals surface area contributed by atoms with Crippen LogP contribution in [0.3, 0.4) is 0 Å². The Kier molecular flexibility index (Phi) is 8.79. The molecule has 0 aliphatic heterocycles. The van der Waals surface area contributed by atoms with Crippen LogP contribution in [-0.2, 0) is 32.0 Å². The smallest absolute Gasteiger partial charge is 0.373 e. The number of esters is 1. The normalized spacial score (nSPS) is 10.0. The fourth-order valence-electron chi connectivity index (χ4n) is 2.67. The van der Waals surface area contributed by atoms with E-state index in [-0.39, 0.29) is 18.5 Å². The Labute approximate surface area is 187 Å². The molecule has 2 aromatic heterocycles. The summed E-state index contributed by atoms with van der Waals surface area (Å²) in [4.78, 5) is 30.3. The first-order chi connectivity index (χ1) is 13.4. The lowest BCUT2D eigenvalue weighted by Crippen LogP contribution is -2.04. The third-order valence-electron chi connectivity index (χ3n) is 3.91. The number of rotatable bonds is 5. The predicted octanol–water partition coefficient (Wildman–Crippen LogP) is 6.36. The highest BCUT2D eigenvalue weighted by atomic mass is 79.9. The Bertz CT molecular complexity index is 984. The summed E-state index contributed by atoms with van der Waals surface area (Å²) in [5.41, 5.74) is 4.69. The number of benzene rings is 1. The fraction of sp³-hybridized carbons (Fsp3) is 0.200. The monoisotopic (exact) mass is 542 g/mol. The number of carbonyl (C=O) groups excluding carboxylic acids is 3. The van der Waals surface area contributed by atoms with Crippen molar-refractivity contribution in [2.45, 2.75) is 19.8 Å². The van der Waals surface area contributed by atoms with Gasteiger partial charge in [-0.05, 0) is 72.7 Å². The summed E-state index contributed by atoms with van der Waals surface area (Å²) in [5.74, 6) is -0.223. The van der Waals surface area contributed by atoms with Crippen molar-refractivity contribution in [2.24, 2.45) is 0 Å². The second-order valence-electron chi connectivity index (χ2n) is 5.58.